The number of amides is 1. The van der Waals surface area contributed by atoms with Crippen molar-refractivity contribution in [3.63, 3.8) is 0 Å². The van der Waals surface area contributed by atoms with E-state index in [2.05, 4.69) is 44.1 Å². The number of ether oxygens (including phenoxy) is 1. The van der Waals surface area contributed by atoms with Crippen LogP contribution in [-0.4, -0.2) is 52.0 Å². The number of anilines is 1. The van der Waals surface area contributed by atoms with Crippen LogP contribution >= 0.6 is 0 Å². The molecule has 4 heterocycles. The van der Waals surface area contributed by atoms with Gasteiger partial charge in [-0.1, -0.05) is 5.92 Å². The summed E-state index contributed by atoms with van der Waals surface area (Å²) in [4.78, 5) is 27.6. The molecule has 1 aliphatic carbocycles. The second-order valence-corrected chi connectivity index (χ2v) is 8.56. The van der Waals surface area contributed by atoms with E-state index in [9.17, 15) is 4.79 Å². The second-order valence-electron chi connectivity index (χ2n) is 8.56. The van der Waals surface area contributed by atoms with Crippen molar-refractivity contribution in [3.05, 3.63) is 53.7 Å². The Balaban J connectivity index is 1.36. The van der Waals surface area contributed by atoms with E-state index in [-0.39, 0.29) is 17.9 Å². The van der Waals surface area contributed by atoms with Gasteiger partial charge < -0.3 is 15.0 Å². The molecule has 1 unspecified atom stereocenters. The van der Waals surface area contributed by atoms with Gasteiger partial charge in [0.25, 0.3) is 0 Å². The lowest BCUT2D eigenvalue weighted by molar-refractivity contribution is -0.117. The summed E-state index contributed by atoms with van der Waals surface area (Å²) < 4.78 is 6.00. The number of carbonyl (C=O) groups is 1. The third-order valence-electron chi connectivity index (χ3n) is 5.88. The summed E-state index contributed by atoms with van der Waals surface area (Å²) in [5, 5.41) is 4.74. The van der Waals surface area contributed by atoms with E-state index in [1.807, 2.05) is 25.1 Å². The Morgan fingerprint density at radius 3 is 2.69 bits per heavy atom. The molecule has 0 spiro atoms. The average molecular weight is 428 g/mol. The van der Waals surface area contributed by atoms with Crippen LogP contribution in [0.15, 0.2) is 36.8 Å². The van der Waals surface area contributed by atoms with Gasteiger partial charge in [-0.2, -0.15) is 0 Å². The second kappa shape index (κ2) is 8.56. The highest BCUT2D eigenvalue weighted by Gasteiger charge is 2.29. The van der Waals surface area contributed by atoms with E-state index >= 15 is 0 Å². The van der Waals surface area contributed by atoms with Gasteiger partial charge in [-0.25, -0.2) is 9.97 Å². The van der Waals surface area contributed by atoms with Crippen LogP contribution in [0.5, 0.6) is 5.75 Å². The molecular formula is C25H25N5O2. The van der Waals surface area contributed by atoms with Gasteiger partial charge in [0, 0.05) is 47.9 Å². The molecule has 5 rings (SSSR count). The maximum atomic E-state index is 12.1. The molecule has 2 fully saturated rings. The first-order chi connectivity index (χ1) is 15.5. The van der Waals surface area contributed by atoms with Crippen molar-refractivity contribution in [1.82, 2.24) is 19.9 Å². The molecule has 1 saturated heterocycles. The molecule has 162 valence electrons. The lowest BCUT2D eigenvalue weighted by atomic mass is 10.1. The molecule has 3 aromatic rings. The van der Waals surface area contributed by atoms with Gasteiger partial charge in [0.05, 0.1) is 11.8 Å². The maximum Gasteiger partial charge on any atom is 0.228 e. The van der Waals surface area contributed by atoms with E-state index in [1.54, 1.807) is 18.6 Å². The molecule has 0 aromatic carbocycles. The molecule has 1 N–H and O–H groups in total. The third kappa shape index (κ3) is 4.56. The lowest BCUT2D eigenvalue weighted by Crippen LogP contribution is -2.21. The molecule has 0 bridgehead atoms. The number of hydrogen-bond donors (Lipinski definition) is 1. The van der Waals surface area contributed by atoms with Crippen molar-refractivity contribution in [2.45, 2.75) is 32.3 Å². The molecule has 7 nitrogen and oxygen atoms in total. The van der Waals surface area contributed by atoms with Crippen LogP contribution in [0, 0.1) is 24.7 Å². The van der Waals surface area contributed by atoms with Crippen molar-refractivity contribution in [3.8, 4) is 17.6 Å². The number of nitrogens with zero attached hydrogens (tertiary/aromatic N) is 4. The number of carbonyl (C=O) groups excluding carboxylic acids is 1. The highest BCUT2D eigenvalue weighted by atomic mass is 16.5. The number of nitrogens with one attached hydrogen (secondary N) is 1. The van der Waals surface area contributed by atoms with Crippen LogP contribution in [0.25, 0.3) is 10.8 Å². The van der Waals surface area contributed by atoms with Crippen LogP contribution in [0.4, 0.5) is 5.82 Å². The summed E-state index contributed by atoms with van der Waals surface area (Å²) in [6.07, 6.45) is 8.38. The molecule has 2 aliphatic rings. The zero-order valence-corrected chi connectivity index (χ0v) is 18.3. The van der Waals surface area contributed by atoms with Gasteiger partial charge in [0.1, 0.15) is 23.4 Å². The molecule has 32 heavy (non-hydrogen) atoms. The summed E-state index contributed by atoms with van der Waals surface area (Å²) in [6, 6.07) is 5.65. The van der Waals surface area contributed by atoms with Gasteiger partial charge in [0.15, 0.2) is 0 Å². The van der Waals surface area contributed by atoms with Gasteiger partial charge in [-0.15, -0.1) is 0 Å². The predicted molar refractivity (Wildman–Crippen MR) is 122 cm³/mol. The van der Waals surface area contributed by atoms with Crippen molar-refractivity contribution >= 4 is 22.5 Å². The lowest BCUT2D eigenvalue weighted by Gasteiger charge is -2.13. The first-order valence-electron chi connectivity index (χ1n) is 10.9. The smallest absolute Gasteiger partial charge is 0.228 e. The molecule has 1 aliphatic heterocycles. The average Bonchev–Trinajstić information content (AvgIpc) is 3.57. The first-order valence-corrected chi connectivity index (χ1v) is 10.9. The van der Waals surface area contributed by atoms with Crippen LogP contribution in [-0.2, 0) is 4.79 Å². The highest BCUT2D eigenvalue weighted by Crippen LogP contribution is 2.30. The molecule has 0 radical (unpaired) electrons. The molecule has 1 atom stereocenters. The molecule has 3 aromatic heterocycles. The molecule has 1 saturated carbocycles. The Morgan fingerprint density at radius 1 is 1.09 bits per heavy atom. The number of aromatic nitrogens is 3. The first kappa shape index (κ1) is 20.4. The molecular weight excluding hydrogens is 402 g/mol. The summed E-state index contributed by atoms with van der Waals surface area (Å²) in [5.41, 5.74) is 2.30. The Kier molecular flexibility index (Phi) is 5.46. The Morgan fingerprint density at radius 2 is 1.97 bits per heavy atom. The quantitative estimate of drug-likeness (QED) is 0.645. The van der Waals surface area contributed by atoms with Crippen LogP contribution in [0.2, 0.25) is 0 Å². The Hall–Kier alpha value is -3.50. The number of pyridine rings is 3. The number of hydrogen-bond acceptors (Lipinski definition) is 6. The number of aryl methyl sites for hydroxylation is 1. The number of likely N-dealkylation sites (tertiary alicyclic amines) is 1. The summed E-state index contributed by atoms with van der Waals surface area (Å²) in [7, 11) is 2.10. The number of likely N-dealkylation sites (N-methyl/N-ethyl adjacent to an activating group) is 1. The predicted octanol–water partition coefficient (Wildman–Crippen LogP) is 3.16. The number of fused-ring (bicyclic) bond motifs is 1. The Labute approximate surface area is 187 Å². The fourth-order valence-electron chi connectivity index (χ4n) is 3.85. The van der Waals surface area contributed by atoms with Crippen molar-refractivity contribution in [2.75, 3.05) is 25.5 Å². The zero-order valence-electron chi connectivity index (χ0n) is 18.3. The fraction of sp³-hybridized carbons (Fsp3) is 0.360. The Bertz CT molecular complexity index is 1220. The van der Waals surface area contributed by atoms with Crippen molar-refractivity contribution in [2.24, 2.45) is 5.92 Å². The van der Waals surface area contributed by atoms with Gasteiger partial charge >= 0.3 is 0 Å². The van der Waals surface area contributed by atoms with E-state index in [4.69, 9.17) is 4.74 Å². The van der Waals surface area contributed by atoms with Crippen molar-refractivity contribution in [1.29, 1.82) is 0 Å². The van der Waals surface area contributed by atoms with Crippen molar-refractivity contribution < 1.29 is 9.53 Å². The molecule has 7 heteroatoms. The summed E-state index contributed by atoms with van der Waals surface area (Å²) in [5.74, 6) is 7.76. The van der Waals surface area contributed by atoms with E-state index < -0.39 is 0 Å². The monoisotopic (exact) mass is 427 g/mol. The van der Waals surface area contributed by atoms with E-state index in [1.165, 1.54) is 0 Å². The summed E-state index contributed by atoms with van der Waals surface area (Å²) in [6.45, 7) is 3.93. The van der Waals surface area contributed by atoms with Crippen LogP contribution in [0.1, 0.15) is 36.2 Å². The highest BCUT2D eigenvalue weighted by molar-refractivity contribution is 5.96. The minimum absolute atomic E-state index is 0.0334. The van der Waals surface area contributed by atoms with E-state index in [0.29, 0.717) is 11.5 Å². The summed E-state index contributed by atoms with van der Waals surface area (Å²) >= 11 is 0. The normalized spacial score (nSPS) is 18.2. The topological polar surface area (TPSA) is 80.2 Å². The standard InChI is InChI=1S/C25H25N5O2/c1-16-23-14-28-24(29-25(31)17-3-4-17)11-22(23)18(12-26-16)5-6-19-7-8-20(13-27-19)32-21-9-10-30(2)15-21/h7-8,11-14,17,21H,3-4,9-10,15H2,1-2H3,(H,28,29,31). The van der Waals surface area contributed by atoms with Gasteiger partial charge in [0.2, 0.25) is 5.91 Å². The van der Waals surface area contributed by atoms with Gasteiger partial charge in [-0.05, 0) is 57.4 Å². The van der Waals surface area contributed by atoms with Crippen LogP contribution in [0.3, 0.4) is 0 Å². The van der Waals surface area contributed by atoms with E-state index in [0.717, 1.165) is 60.1 Å². The maximum absolute atomic E-state index is 12.1. The minimum atomic E-state index is 0.0334. The number of rotatable bonds is 4. The minimum Gasteiger partial charge on any atom is -0.487 e. The van der Waals surface area contributed by atoms with Gasteiger partial charge in [-0.3, -0.25) is 9.78 Å². The zero-order chi connectivity index (χ0) is 22.1. The van der Waals surface area contributed by atoms with Crippen LogP contribution < -0.4 is 10.1 Å². The molecule has 1 amide bonds. The SMILES string of the molecule is Cc1ncc(C#Cc2ccc(OC3CCN(C)C3)cn2)c2cc(NC(=O)C3CC3)ncc12. The fourth-order valence-corrected chi connectivity index (χ4v) is 3.85. The third-order valence-corrected chi connectivity index (χ3v) is 5.88. The largest absolute Gasteiger partial charge is 0.487 e.